The summed E-state index contributed by atoms with van der Waals surface area (Å²) in [5.74, 6) is -5.60. The van der Waals surface area contributed by atoms with Crippen molar-refractivity contribution in [2.75, 3.05) is 18.1 Å². The van der Waals surface area contributed by atoms with Crippen LogP contribution in [0.4, 0.5) is 0 Å². The van der Waals surface area contributed by atoms with Crippen LogP contribution < -0.4 is 54.4 Å². The van der Waals surface area contributed by atoms with E-state index < -0.39 is 95.5 Å². The third-order valence-electron chi connectivity index (χ3n) is 12.8. The molecule has 5 aromatic rings. The van der Waals surface area contributed by atoms with Gasteiger partial charge >= 0.3 is 0 Å². The monoisotopic (exact) mass is 1170 g/mol. The van der Waals surface area contributed by atoms with Crippen molar-refractivity contribution >= 4 is 93.6 Å². The molecule has 7 atom stereocenters. The number of amides is 8. The number of imidazole rings is 1. The lowest BCUT2D eigenvalue weighted by molar-refractivity contribution is -0.135. The Balaban J connectivity index is 0.00000298. The molecule has 16 N–H and O–H groups in total. The van der Waals surface area contributed by atoms with E-state index >= 15 is 0 Å². The zero-order chi connectivity index (χ0) is 59.6. The van der Waals surface area contributed by atoms with Gasteiger partial charge in [-0.3, -0.25) is 48.1 Å². The molecular weight excluding hydrogens is 1090 g/mol. The number of carboxylic acids is 1. The fraction of sp³-hybridized carbons (Fsp3) is 0.411. The lowest BCUT2D eigenvalue weighted by Crippen LogP contribution is -2.61. The molecule has 82 heavy (non-hydrogen) atoms. The van der Waals surface area contributed by atoms with Gasteiger partial charge in [0, 0.05) is 91.7 Å². The summed E-state index contributed by atoms with van der Waals surface area (Å²) < 4.78 is 0. The Morgan fingerprint density at radius 3 is 1.95 bits per heavy atom. The first-order valence-electron chi connectivity index (χ1n) is 26.7. The average Bonchev–Trinajstić information content (AvgIpc) is 4.34. The Bertz CT molecular complexity index is 2970. The molecule has 24 nitrogen and oxygen atoms in total. The van der Waals surface area contributed by atoms with Crippen molar-refractivity contribution in [2.24, 2.45) is 22.2 Å². The number of thioether (sulfide) groups is 2. The molecule has 3 heterocycles. The fourth-order valence-corrected chi connectivity index (χ4v) is 10.7. The van der Waals surface area contributed by atoms with E-state index in [-0.39, 0.29) is 56.1 Å². The number of rotatable bonds is 17. The number of hydrogen-bond donors (Lipinski definition) is 13. The van der Waals surface area contributed by atoms with E-state index in [2.05, 4.69) is 57.2 Å². The molecule has 6 rings (SSSR count). The highest BCUT2D eigenvalue weighted by Gasteiger charge is 2.35. The van der Waals surface area contributed by atoms with E-state index in [0.717, 1.165) is 35.4 Å². The van der Waals surface area contributed by atoms with Gasteiger partial charge in [0.25, 0.3) is 5.97 Å². The zero-order valence-corrected chi connectivity index (χ0v) is 47.7. The highest BCUT2D eigenvalue weighted by molar-refractivity contribution is 7.98. The van der Waals surface area contributed by atoms with Crippen molar-refractivity contribution in [1.82, 2.24) is 52.2 Å². The number of nitrogens with two attached hydrogens (primary N) is 3. The van der Waals surface area contributed by atoms with Crippen LogP contribution in [0.5, 0.6) is 0 Å². The summed E-state index contributed by atoms with van der Waals surface area (Å²) >= 11 is 2.71. The molecule has 0 spiro atoms. The molecule has 2 unspecified atom stereocenters. The van der Waals surface area contributed by atoms with Crippen LogP contribution >= 0.6 is 23.5 Å². The molecule has 2 bridgehead atoms. The second-order valence-corrected chi connectivity index (χ2v) is 21.6. The van der Waals surface area contributed by atoms with Gasteiger partial charge in [-0.25, -0.2) is 4.98 Å². The van der Waals surface area contributed by atoms with Crippen LogP contribution in [0.3, 0.4) is 0 Å². The van der Waals surface area contributed by atoms with E-state index in [1.165, 1.54) is 43.0 Å². The number of aromatic nitrogens is 3. The molecule has 0 aliphatic carbocycles. The number of unbranched alkanes of at least 4 members (excludes halogenated alkanes) is 1. The minimum atomic E-state index is -1.36. The molecule has 26 heteroatoms. The highest BCUT2D eigenvalue weighted by Crippen LogP contribution is 2.22. The third-order valence-corrected chi connectivity index (χ3v) is 15.0. The molecule has 1 aliphatic heterocycles. The first-order valence-corrected chi connectivity index (χ1v) is 29.0. The van der Waals surface area contributed by atoms with Crippen LogP contribution in [0.15, 0.2) is 103 Å². The van der Waals surface area contributed by atoms with Crippen molar-refractivity contribution in [3.63, 3.8) is 0 Å². The number of guanidine groups is 1. The largest absolute Gasteiger partial charge is 0.481 e. The van der Waals surface area contributed by atoms with Gasteiger partial charge in [0.1, 0.15) is 42.3 Å². The summed E-state index contributed by atoms with van der Waals surface area (Å²) in [5, 5.41) is 27.8. The van der Waals surface area contributed by atoms with Gasteiger partial charge in [0.15, 0.2) is 5.96 Å². The molecule has 3 aromatic carbocycles. The summed E-state index contributed by atoms with van der Waals surface area (Å²) in [6, 6.07) is 15.3. The van der Waals surface area contributed by atoms with Crippen molar-refractivity contribution in [1.29, 1.82) is 0 Å². The molecule has 0 radical (unpaired) electrons. The van der Waals surface area contributed by atoms with Crippen molar-refractivity contribution in [2.45, 2.75) is 126 Å². The van der Waals surface area contributed by atoms with Gasteiger partial charge in [0.2, 0.25) is 47.3 Å². The van der Waals surface area contributed by atoms with Gasteiger partial charge < -0.3 is 69.5 Å². The van der Waals surface area contributed by atoms with Crippen molar-refractivity contribution < 1.29 is 48.3 Å². The first kappa shape index (κ1) is 64.4. The first-order chi connectivity index (χ1) is 39.3. The number of aliphatic imine (C=N–C) groups is 1. The molecule has 440 valence electrons. The lowest BCUT2D eigenvalue weighted by atomic mass is 10.0. The summed E-state index contributed by atoms with van der Waals surface area (Å²) in [6.45, 7) is 4.42. The maximum atomic E-state index is 14.8. The Hall–Kier alpha value is -8.39. The molecule has 2 aromatic heterocycles. The number of H-pyrrole nitrogens is 2. The number of carbonyl (C=O) groups excluding carboxylic acids is 8. The van der Waals surface area contributed by atoms with E-state index in [1.807, 2.05) is 55.5 Å². The summed E-state index contributed by atoms with van der Waals surface area (Å²) in [4.78, 5) is 136. The smallest absolute Gasteiger partial charge is 0.300 e. The number of nitrogens with one attached hydrogen (secondary N) is 9. The number of carboxylic acid groups (broad SMARTS) is 1. The van der Waals surface area contributed by atoms with Gasteiger partial charge in [-0.2, -0.15) is 23.5 Å². The number of fused-ring (bicyclic) bond motifs is 3. The third kappa shape index (κ3) is 21.9. The molecule has 0 saturated heterocycles. The Kier molecular flexibility index (Phi) is 26.2. The predicted octanol–water partition coefficient (Wildman–Crippen LogP) is 1.33. The fourth-order valence-electron chi connectivity index (χ4n) is 8.72. The van der Waals surface area contributed by atoms with E-state index in [0.29, 0.717) is 41.2 Å². The van der Waals surface area contributed by atoms with Gasteiger partial charge in [0.05, 0.1) is 6.33 Å². The minimum Gasteiger partial charge on any atom is -0.481 e. The SMILES string of the molecule is CC(=O)O.CCCC[C@H](NC(C)=O)C(=O)NC1CSCc2cccc(c2)CSC[C@@H](C(N)=O)NC(=O)[C@H](Cc2c[nH]c3ccccc23)NC(=O)[C@H](CCCN=C(N)N)NC(=O)C(Cc2ccccc2)NC(=O)[C@H](Cc2cnc[nH]2)NC1=O. The summed E-state index contributed by atoms with van der Waals surface area (Å²) in [5.41, 5.74) is 21.5. The van der Waals surface area contributed by atoms with E-state index in [9.17, 15) is 38.4 Å². The summed E-state index contributed by atoms with van der Waals surface area (Å²) in [7, 11) is 0. The second kappa shape index (κ2) is 33.4. The van der Waals surface area contributed by atoms with Crippen molar-refractivity contribution in [3.8, 4) is 0 Å². The average molecular weight is 1170 g/mol. The Labute approximate surface area is 483 Å². The number of para-hydroxylation sites is 1. The zero-order valence-electron chi connectivity index (χ0n) is 46.0. The van der Waals surface area contributed by atoms with Crippen LogP contribution in [0.25, 0.3) is 10.9 Å². The van der Waals surface area contributed by atoms with Crippen molar-refractivity contribution in [3.05, 3.63) is 126 Å². The number of hydrogen-bond acceptors (Lipinski definition) is 13. The number of aliphatic carboxylic acids is 1. The maximum Gasteiger partial charge on any atom is 0.300 e. The molecular formula is C56H74N14O10S2. The molecule has 8 amide bonds. The molecule has 0 fully saturated rings. The van der Waals surface area contributed by atoms with Gasteiger partial charge in [-0.15, -0.1) is 0 Å². The second-order valence-electron chi connectivity index (χ2n) is 19.5. The summed E-state index contributed by atoms with van der Waals surface area (Å²) in [6.07, 6.45) is 6.26. The van der Waals surface area contributed by atoms with Crippen LogP contribution in [0, 0.1) is 0 Å². The van der Waals surface area contributed by atoms with E-state index in [1.54, 1.807) is 36.5 Å². The minimum absolute atomic E-state index is 0.0326. The topological polar surface area (TPSA) is 393 Å². The number of nitrogens with zero attached hydrogens (tertiary/aromatic N) is 2. The van der Waals surface area contributed by atoms with Crippen LogP contribution in [0.1, 0.15) is 80.8 Å². The Morgan fingerprint density at radius 1 is 0.720 bits per heavy atom. The van der Waals surface area contributed by atoms with Crippen LogP contribution in [-0.4, -0.2) is 140 Å². The lowest BCUT2D eigenvalue weighted by Gasteiger charge is -2.28. The quantitative estimate of drug-likeness (QED) is 0.0355. The number of benzene rings is 3. The number of aromatic amines is 2. The van der Waals surface area contributed by atoms with Gasteiger partial charge in [-0.05, 0) is 47.6 Å². The normalized spacial score (nSPS) is 20.0. The van der Waals surface area contributed by atoms with E-state index in [4.69, 9.17) is 27.1 Å². The van der Waals surface area contributed by atoms with Crippen LogP contribution in [-0.2, 0) is 73.9 Å². The Morgan fingerprint density at radius 2 is 1.32 bits per heavy atom. The molecule has 0 saturated carbocycles. The predicted molar refractivity (Wildman–Crippen MR) is 314 cm³/mol. The number of carbonyl (C=O) groups is 9. The molecule has 1 aliphatic rings. The van der Waals surface area contributed by atoms with Crippen LogP contribution in [0.2, 0.25) is 0 Å². The highest BCUT2D eigenvalue weighted by atomic mass is 32.2. The standard InChI is InChI=1S/C54H70N14O8S2.C2H4O2/c1-3-4-17-40(62-32(2)69)48(71)68-46-30-78-28-35-15-10-14-34(21-35)27-77-29-45(47(55)70)67-51(74)43(23-36-25-60-39-18-9-8-16-38(36)39)65-49(72)41(19-11-20-59-54(56)57)63-50(73)42(22-33-12-6-5-7-13-33)64-52(75)44(66-53(46)76)24-37-26-58-31-61-37;1-2(3)4/h5-10,12-16,18,21,25-26,31,40-46,60H,3-4,11,17,19-20,22-24,27-30H2,1-2H3,(H2,55,70)(H,58,61)(H,62,69)(H,63,73)(H,64,75)(H,65,72)(H,66,76)(H,67,74)(H,68,71)(H4,56,57,59);1H3,(H,3,4)/t40-,41-,42?,43-,44-,45-,46?;/m0./s1. The maximum absolute atomic E-state index is 14.8. The van der Waals surface area contributed by atoms with Gasteiger partial charge in [-0.1, -0.05) is 92.6 Å². The number of primary amides is 1.